The lowest BCUT2D eigenvalue weighted by Gasteiger charge is -2.22. The summed E-state index contributed by atoms with van der Waals surface area (Å²) in [5.74, 6) is 2.83. The number of aryl methyl sites for hydroxylation is 1. The maximum absolute atomic E-state index is 12.5. The van der Waals surface area contributed by atoms with E-state index in [4.69, 9.17) is 10.6 Å². The Bertz CT molecular complexity index is 805. The van der Waals surface area contributed by atoms with Gasteiger partial charge in [-0.25, -0.2) is 0 Å². The van der Waals surface area contributed by atoms with Crippen molar-refractivity contribution in [2.45, 2.75) is 18.7 Å². The van der Waals surface area contributed by atoms with Crippen molar-refractivity contribution in [3.63, 3.8) is 0 Å². The minimum atomic E-state index is -3.89. The highest BCUT2D eigenvalue weighted by Crippen LogP contribution is 2.30. The van der Waals surface area contributed by atoms with Crippen LogP contribution in [0.3, 0.4) is 0 Å². The van der Waals surface area contributed by atoms with Crippen molar-refractivity contribution < 1.29 is 12.6 Å². The van der Waals surface area contributed by atoms with E-state index < -0.39 is 10.1 Å². The van der Waals surface area contributed by atoms with E-state index in [0.717, 1.165) is 5.56 Å². The number of benzene rings is 2. The van der Waals surface area contributed by atoms with Gasteiger partial charge in [0.2, 0.25) is 0 Å². The summed E-state index contributed by atoms with van der Waals surface area (Å²) in [7, 11) is -3.89. The van der Waals surface area contributed by atoms with Crippen LogP contribution in [0.2, 0.25) is 0 Å². The van der Waals surface area contributed by atoms with Gasteiger partial charge in [-0.3, -0.25) is 0 Å². The molecule has 0 aliphatic heterocycles. The Balaban J connectivity index is 2.36. The number of rotatable bonds is 6. The molecule has 0 fully saturated rings. The lowest BCUT2D eigenvalue weighted by molar-refractivity contribution is 0.485. The highest BCUT2D eigenvalue weighted by molar-refractivity contribution is 7.87. The summed E-state index contributed by atoms with van der Waals surface area (Å²) < 4.78 is 30.3. The predicted molar refractivity (Wildman–Crippen MR) is 92.2 cm³/mol. The van der Waals surface area contributed by atoms with Gasteiger partial charge in [0.25, 0.3) is 0 Å². The van der Waals surface area contributed by atoms with Crippen LogP contribution in [-0.4, -0.2) is 21.5 Å². The summed E-state index contributed by atoms with van der Waals surface area (Å²) in [6.45, 7) is 4.87. The zero-order valence-electron chi connectivity index (χ0n) is 13.2. The molecule has 120 valence electrons. The van der Waals surface area contributed by atoms with Crippen LogP contribution in [0.15, 0.2) is 53.4 Å². The molecule has 0 atom stereocenters. The molecule has 0 bridgehead atoms. The molecule has 0 aliphatic rings. The van der Waals surface area contributed by atoms with Crippen molar-refractivity contribution in [2.75, 3.05) is 18.0 Å². The molecular formula is C18H19NO3S. The Hall–Kier alpha value is -2.45. The van der Waals surface area contributed by atoms with Crippen molar-refractivity contribution in [2.24, 2.45) is 0 Å². The Morgan fingerprint density at radius 3 is 2.39 bits per heavy atom. The van der Waals surface area contributed by atoms with E-state index in [2.05, 4.69) is 5.92 Å². The molecule has 0 amide bonds. The lowest BCUT2D eigenvalue weighted by atomic mass is 10.2. The number of terminal acetylenes is 1. The largest absolute Gasteiger partial charge is 0.377 e. The van der Waals surface area contributed by atoms with Gasteiger partial charge in [-0.05, 0) is 38.1 Å². The number of nitrogens with zero attached hydrogens (tertiary/aromatic N) is 1. The van der Waals surface area contributed by atoms with Gasteiger partial charge in [0.1, 0.15) is 4.90 Å². The third-order valence-corrected chi connectivity index (χ3v) is 4.63. The van der Waals surface area contributed by atoms with Crippen LogP contribution in [0.5, 0.6) is 5.75 Å². The molecule has 23 heavy (non-hydrogen) atoms. The monoisotopic (exact) mass is 329 g/mol. The average Bonchev–Trinajstić information content (AvgIpc) is 2.53. The van der Waals surface area contributed by atoms with Crippen LogP contribution in [0, 0.1) is 19.3 Å². The molecule has 0 saturated heterocycles. The molecule has 0 unspecified atom stereocenters. The highest BCUT2D eigenvalue weighted by Gasteiger charge is 2.19. The molecule has 4 nitrogen and oxygen atoms in total. The van der Waals surface area contributed by atoms with E-state index in [1.807, 2.05) is 24.8 Å². The Kier molecular flexibility index (Phi) is 5.30. The molecule has 2 aromatic carbocycles. The molecule has 2 aromatic rings. The SMILES string of the molecule is C#CCN(CC)c1ccccc1OS(=O)(=O)c1ccc(C)cc1. The topological polar surface area (TPSA) is 46.6 Å². The minimum Gasteiger partial charge on any atom is -0.377 e. The smallest absolute Gasteiger partial charge is 0.339 e. The molecule has 0 radical (unpaired) electrons. The van der Waals surface area contributed by atoms with Crippen LogP contribution in [0.1, 0.15) is 12.5 Å². The molecule has 0 spiro atoms. The van der Waals surface area contributed by atoms with E-state index in [9.17, 15) is 8.42 Å². The van der Waals surface area contributed by atoms with Crippen LogP contribution < -0.4 is 9.08 Å². The van der Waals surface area contributed by atoms with Crippen molar-refractivity contribution in [1.82, 2.24) is 0 Å². The molecule has 0 aromatic heterocycles. The normalized spacial score (nSPS) is 10.8. The van der Waals surface area contributed by atoms with E-state index in [-0.39, 0.29) is 10.6 Å². The van der Waals surface area contributed by atoms with Crippen LogP contribution in [0.25, 0.3) is 0 Å². The average molecular weight is 329 g/mol. The molecule has 0 saturated carbocycles. The van der Waals surface area contributed by atoms with Gasteiger partial charge in [-0.1, -0.05) is 35.7 Å². The molecular weight excluding hydrogens is 310 g/mol. The van der Waals surface area contributed by atoms with Crippen LogP contribution >= 0.6 is 0 Å². The first kappa shape index (κ1) is 16.9. The van der Waals surface area contributed by atoms with Gasteiger partial charge in [0.05, 0.1) is 12.2 Å². The summed E-state index contributed by atoms with van der Waals surface area (Å²) in [6.07, 6.45) is 5.37. The first-order chi connectivity index (χ1) is 11.0. The second kappa shape index (κ2) is 7.21. The maximum atomic E-state index is 12.5. The Labute approximate surface area is 137 Å². The molecule has 0 N–H and O–H groups in total. The van der Waals surface area contributed by atoms with Crippen molar-refractivity contribution >= 4 is 15.8 Å². The van der Waals surface area contributed by atoms with Gasteiger partial charge in [0.15, 0.2) is 5.75 Å². The van der Waals surface area contributed by atoms with Crippen LogP contribution in [-0.2, 0) is 10.1 Å². The quantitative estimate of drug-likeness (QED) is 0.603. The van der Waals surface area contributed by atoms with Gasteiger partial charge in [-0.2, -0.15) is 8.42 Å². The summed E-state index contributed by atoms with van der Waals surface area (Å²) >= 11 is 0. The zero-order chi connectivity index (χ0) is 16.9. The molecule has 5 heteroatoms. The summed E-state index contributed by atoms with van der Waals surface area (Å²) in [6, 6.07) is 13.5. The van der Waals surface area contributed by atoms with E-state index >= 15 is 0 Å². The van der Waals surface area contributed by atoms with Crippen molar-refractivity contribution in [3.8, 4) is 18.1 Å². The number of para-hydroxylation sites is 2. The van der Waals surface area contributed by atoms with Crippen LogP contribution in [0.4, 0.5) is 5.69 Å². The first-order valence-corrected chi connectivity index (χ1v) is 8.67. The first-order valence-electron chi connectivity index (χ1n) is 7.26. The summed E-state index contributed by atoms with van der Waals surface area (Å²) in [5.41, 5.74) is 1.64. The highest BCUT2D eigenvalue weighted by atomic mass is 32.2. The number of anilines is 1. The molecule has 0 aliphatic carbocycles. The fourth-order valence-electron chi connectivity index (χ4n) is 2.14. The number of hydrogen-bond donors (Lipinski definition) is 0. The van der Waals surface area contributed by atoms with Gasteiger partial charge >= 0.3 is 10.1 Å². The summed E-state index contributed by atoms with van der Waals surface area (Å²) in [5, 5.41) is 0. The second-order valence-corrected chi connectivity index (χ2v) is 6.58. The third kappa shape index (κ3) is 4.05. The fourth-order valence-corrected chi connectivity index (χ4v) is 3.08. The van der Waals surface area contributed by atoms with Crippen molar-refractivity contribution in [3.05, 3.63) is 54.1 Å². The third-order valence-electron chi connectivity index (χ3n) is 3.38. The standard InChI is InChI=1S/C18H19NO3S/c1-4-14-19(5-2)17-8-6-7-9-18(17)22-23(20,21)16-12-10-15(3)11-13-16/h1,6-13H,5,14H2,2-3H3. The van der Waals surface area contributed by atoms with Gasteiger partial charge < -0.3 is 9.08 Å². The van der Waals surface area contributed by atoms with Gasteiger partial charge in [0, 0.05) is 6.54 Å². The Morgan fingerprint density at radius 2 is 1.78 bits per heavy atom. The fraction of sp³-hybridized carbons (Fsp3) is 0.222. The van der Waals surface area contributed by atoms with E-state index in [1.54, 1.807) is 30.3 Å². The van der Waals surface area contributed by atoms with E-state index in [0.29, 0.717) is 18.8 Å². The predicted octanol–water partition coefficient (Wildman–Crippen LogP) is 3.22. The van der Waals surface area contributed by atoms with Crippen molar-refractivity contribution in [1.29, 1.82) is 0 Å². The summed E-state index contributed by atoms with van der Waals surface area (Å²) in [4.78, 5) is 2.00. The Morgan fingerprint density at radius 1 is 1.13 bits per heavy atom. The zero-order valence-corrected chi connectivity index (χ0v) is 14.0. The molecule has 0 heterocycles. The molecule has 2 rings (SSSR count). The number of hydrogen-bond acceptors (Lipinski definition) is 4. The van der Waals surface area contributed by atoms with E-state index in [1.165, 1.54) is 12.1 Å². The maximum Gasteiger partial charge on any atom is 0.339 e. The van der Waals surface area contributed by atoms with Gasteiger partial charge in [-0.15, -0.1) is 6.42 Å². The minimum absolute atomic E-state index is 0.123. The lowest BCUT2D eigenvalue weighted by Crippen LogP contribution is -2.24. The second-order valence-electron chi connectivity index (χ2n) is 5.04.